The maximum absolute atomic E-state index is 12.3. The lowest BCUT2D eigenvalue weighted by Gasteiger charge is -2.33. The van der Waals surface area contributed by atoms with Crippen molar-refractivity contribution < 1.29 is 13.2 Å². The number of carbonyl (C=O) groups is 1. The van der Waals surface area contributed by atoms with E-state index in [-0.39, 0.29) is 11.7 Å². The Morgan fingerprint density at radius 2 is 1.89 bits per heavy atom. The maximum Gasteiger partial charge on any atom is 0.251 e. The summed E-state index contributed by atoms with van der Waals surface area (Å²) in [4.78, 5) is 16.6. The highest BCUT2D eigenvalue weighted by molar-refractivity contribution is 7.89. The van der Waals surface area contributed by atoms with Crippen molar-refractivity contribution >= 4 is 15.9 Å². The first-order valence-corrected chi connectivity index (χ1v) is 11.1. The average molecular weight is 397 g/mol. The summed E-state index contributed by atoms with van der Waals surface area (Å²) >= 11 is 0. The zero-order valence-corrected chi connectivity index (χ0v) is 17.5. The fourth-order valence-corrected chi connectivity index (χ4v) is 4.20. The molecule has 0 aromatic heterocycles. The first-order chi connectivity index (χ1) is 12.8. The molecule has 0 aliphatic carbocycles. The summed E-state index contributed by atoms with van der Waals surface area (Å²) in [6.45, 7) is 6.49. The molecule has 2 rings (SSSR count). The summed E-state index contributed by atoms with van der Waals surface area (Å²) in [5.41, 5.74) is 1.74. The van der Waals surface area contributed by atoms with Gasteiger partial charge in [-0.1, -0.05) is 12.1 Å². The zero-order chi connectivity index (χ0) is 19.9. The molecule has 1 saturated heterocycles. The number of nitrogens with one attached hydrogen (secondary N) is 1. The Labute approximate surface area is 163 Å². The molecule has 1 heterocycles. The monoisotopic (exact) mass is 396 g/mol. The number of hydrogen-bond acceptors (Lipinski definition) is 5. The van der Waals surface area contributed by atoms with Gasteiger partial charge in [0.15, 0.2) is 0 Å². The Morgan fingerprint density at radius 1 is 1.19 bits per heavy atom. The average Bonchev–Trinajstić information content (AvgIpc) is 2.65. The Morgan fingerprint density at radius 3 is 2.52 bits per heavy atom. The standard InChI is InChI=1S/C19H32N4O3S/c1-4-27(25,26)23-13-11-22(12-14-23)16-17-7-5-8-18(15-17)19(24)20-9-6-10-21(2)3/h5,7-8,15H,4,6,9-14,16H2,1-3H3,(H,20,24). The molecule has 0 radical (unpaired) electrons. The van der Waals surface area contributed by atoms with Gasteiger partial charge in [0, 0.05) is 44.8 Å². The van der Waals surface area contributed by atoms with E-state index in [4.69, 9.17) is 0 Å². The van der Waals surface area contributed by atoms with Crippen LogP contribution in [0.5, 0.6) is 0 Å². The molecule has 1 aliphatic heterocycles. The second-order valence-corrected chi connectivity index (χ2v) is 9.45. The van der Waals surface area contributed by atoms with Crippen LogP contribution in [-0.4, -0.2) is 87.5 Å². The molecule has 0 spiro atoms. The molecule has 1 fully saturated rings. The van der Waals surface area contributed by atoms with Crippen LogP contribution in [0.3, 0.4) is 0 Å². The van der Waals surface area contributed by atoms with E-state index in [0.717, 1.165) is 25.1 Å². The number of benzene rings is 1. The van der Waals surface area contributed by atoms with E-state index in [1.807, 2.05) is 38.4 Å². The van der Waals surface area contributed by atoms with Crippen molar-refractivity contribution in [2.45, 2.75) is 19.9 Å². The summed E-state index contributed by atoms with van der Waals surface area (Å²) < 4.78 is 25.5. The van der Waals surface area contributed by atoms with Crippen LogP contribution in [-0.2, 0) is 16.6 Å². The lowest BCUT2D eigenvalue weighted by atomic mass is 10.1. The van der Waals surface area contributed by atoms with Gasteiger partial charge in [-0.3, -0.25) is 9.69 Å². The molecule has 0 unspecified atom stereocenters. The van der Waals surface area contributed by atoms with Crippen LogP contribution in [0.4, 0.5) is 0 Å². The summed E-state index contributed by atoms with van der Waals surface area (Å²) in [7, 11) is 0.932. The largest absolute Gasteiger partial charge is 0.352 e. The van der Waals surface area contributed by atoms with Crippen molar-refractivity contribution in [3.63, 3.8) is 0 Å². The molecule has 7 nitrogen and oxygen atoms in total. The van der Waals surface area contributed by atoms with Crippen molar-refractivity contribution in [2.75, 3.05) is 59.1 Å². The molecule has 8 heteroatoms. The van der Waals surface area contributed by atoms with E-state index in [9.17, 15) is 13.2 Å². The highest BCUT2D eigenvalue weighted by Gasteiger charge is 2.25. The predicted octanol–water partition coefficient (Wildman–Crippen LogP) is 0.835. The van der Waals surface area contributed by atoms with E-state index in [1.165, 1.54) is 0 Å². The fourth-order valence-electron chi connectivity index (χ4n) is 3.12. The second kappa shape index (κ2) is 10.2. The first kappa shape index (κ1) is 21.8. The van der Waals surface area contributed by atoms with Crippen LogP contribution in [0.25, 0.3) is 0 Å². The number of sulfonamides is 1. The van der Waals surface area contributed by atoms with E-state index in [0.29, 0.717) is 38.3 Å². The minimum Gasteiger partial charge on any atom is -0.352 e. The topological polar surface area (TPSA) is 73.0 Å². The lowest BCUT2D eigenvalue weighted by Crippen LogP contribution is -2.48. The van der Waals surface area contributed by atoms with Crippen LogP contribution >= 0.6 is 0 Å². The van der Waals surface area contributed by atoms with Gasteiger partial charge in [0.05, 0.1) is 5.75 Å². The number of piperazine rings is 1. The molecule has 1 amide bonds. The zero-order valence-electron chi connectivity index (χ0n) is 16.6. The Bertz CT molecular complexity index is 713. The normalized spacial score (nSPS) is 16.6. The smallest absolute Gasteiger partial charge is 0.251 e. The van der Waals surface area contributed by atoms with Crippen LogP contribution in [0.1, 0.15) is 29.3 Å². The van der Waals surface area contributed by atoms with E-state index in [1.54, 1.807) is 11.2 Å². The predicted molar refractivity (Wildman–Crippen MR) is 108 cm³/mol. The Hall–Kier alpha value is -1.48. The minimum absolute atomic E-state index is 0.0468. The van der Waals surface area contributed by atoms with Gasteiger partial charge in [-0.25, -0.2) is 8.42 Å². The highest BCUT2D eigenvalue weighted by atomic mass is 32.2. The molecule has 0 atom stereocenters. The summed E-state index contributed by atoms with van der Waals surface area (Å²) in [5, 5.41) is 2.96. The van der Waals surface area contributed by atoms with E-state index >= 15 is 0 Å². The Balaban J connectivity index is 1.84. The van der Waals surface area contributed by atoms with Crippen molar-refractivity contribution in [2.24, 2.45) is 0 Å². The van der Waals surface area contributed by atoms with Gasteiger partial charge in [-0.05, 0) is 51.7 Å². The van der Waals surface area contributed by atoms with Gasteiger partial charge in [0.2, 0.25) is 10.0 Å². The van der Waals surface area contributed by atoms with Crippen molar-refractivity contribution in [1.82, 2.24) is 19.4 Å². The molecule has 1 aromatic rings. The fraction of sp³-hybridized carbons (Fsp3) is 0.632. The highest BCUT2D eigenvalue weighted by Crippen LogP contribution is 2.13. The molecule has 0 saturated carbocycles. The van der Waals surface area contributed by atoms with Crippen LogP contribution in [0.15, 0.2) is 24.3 Å². The van der Waals surface area contributed by atoms with Crippen molar-refractivity contribution in [3.05, 3.63) is 35.4 Å². The Kier molecular flexibility index (Phi) is 8.22. The van der Waals surface area contributed by atoms with Gasteiger partial charge in [0.25, 0.3) is 5.91 Å². The molecule has 0 bridgehead atoms. The third-order valence-corrected chi connectivity index (χ3v) is 6.63. The summed E-state index contributed by atoms with van der Waals surface area (Å²) in [6, 6.07) is 7.67. The van der Waals surface area contributed by atoms with Crippen LogP contribution in [0, 0.1) is 0 Å². The molecule has 1 aromatic carbocycles. The minimum atomic E-state index is -3.10. The first-order valence-electron chi connectivity index (χ1n) is 9.54. The summed E-state index contributed by atoms with van der Waals surface area (Å²) in [6.07, 6.45) is 0.920. The molecule has 1 N–H and O–H groups in total. The third kappa shape index (κ3) is 6.88. The molecule has 152 valence electrons. The SMILES string of the molecule is CCS(=O)(=O)N1CCN(Cc2cccc(C(=O)NCCCN(C)C)c2)CC1. The van der Waals surface area contributed by atoms with Crippen LogP contribution in [0.2, 0.25) is 0 Å². The van der Waals surface area contributed by atoms with Gasteiger partial charge in [-0.15, -0.1) is 0 Å². The van der Waals surface area contributed by atoms with Gasteiger partial charge >= 0.3 is 0 Å². The van der Waals surface area contributed by atoms with E-state index < -0.39 is 10.0 Å². The number of rotatable bonds is 9. The number of carbonyl (C=O) groups excluding carboxylic acids is 1. The van der Waals surface area contributed by atoms with Crippen molar-refractivity contribution in [3.8, 4) is 0 Å². The van der Waals surface area contributed by atoms with Gasteiger partial charge in [-0.2, -0.15) is 4.31 Å². The van der Waals surface area contributed by atoms with E-state index in [2.05, 4.69) is 15.1 Å². The molecular weight excluding hydrogens is 364 g/mol. The molecule has 27 heavy (non-hydrogen) atoms. The van der Waals surface area contributed by atoms with Crippen molar-refractivity contribution in [1.29, 1.82) is 0 Å². The maximum atomic E-state index is 12.3. The lowest BCUT2D eigenvalue weighted by molar-refractivity contribution is 0.0952. The third-order valence-electron chi connectivity index (χ3n) is 4.75. The van der Waals surface area contributed by atoms with Crippen LogP contribution < -0.4 is 5.32 Å². The summed E-state index contributed by atoms with van der Waals surface area (Å²) in [5.74, 6) is 0.105. The molecular formula is C19H32N4O3S. The molecule has 1 aliphatic rings. The second-order valence-electron chi connectivity index (χ2n) is 7.19. The quantitative estimate of drug-likeness (QED) is 0.626. The number of hydrogen-bond donors (Lipinski definition) is 1. The van der Waals surface area contributed by atoms with Gasteiger partial charge < -0.3 is 10.2 Å². The number of amides is 1. The number of nitrogens with zero attached hydrogens (tertiary/aromatic N) is 3. The van der Waals surface area contributed by atoms with Gasteiger partial charge in [0.1, 0.15) is 0 Å².